The molecule has 1 aromatic carbocycles. The second kappa shape index (κ2) is 7.02. The molecule has 2 aromatic rings. The predicted octanol–water partition coefficient (Wildman–Crippen LogP) is 2.21. The Labute approximate surface area is 144 Å². The van der Waals surface area contributed by atoms with Crippen molar-refractivity contribution in [3.05, 3.63) is 52.3 Å². The van der Waals surface area contributed by atoms with Crippen LogP contribution in [0.3, 0.4) is 0 Å². The molecule has 25 heavy (non-hydrogen) atoms. The number of aliphatic hydroxyl groups is 1. The Morgan fingerprint density at radius 3 is 2.56 bits per heavy atom. The molecule has 132 valence electrons. The monoisotopic (exact) mass is 344 g/mol. The molecule has 8 nitrogen and oxygen atoms in total. The fourth-order valence-corrected chi connectivity index (χ4v) is 3.04. The lowest BCUT2D eigenvalue weighted by Crippen LogP contribution is -2.44. The number of non-ortho nitro benzene ring substituents is 1. The molecule has 0 unspecified atom stereocenters. The molecule has 0 spiro atoms. The summed E-state index contributed by atoms with van der Waals surface area (Å²) in [5, 5.41) is 28.0. The second-order valence-electron chi connectivity index (χ2n) is 6.39. The van der Waals surface area contributed by atoms with Crippen LogP contribution in [0.25, 0.3) is 5.69 Å². The van der Waals surface area contributed by atoms with Gasteiger partial charge >= 0.3 is 0 Å². The Balaban J connectivity index is 1.64. The van der Waals surface area contributed by atoms with Crippen LogP contribution in [0.1, 0.15) is 42.6 Å². The highest BCUT2D eigenvalue weighted by molar-refractivity contribution is 5.92. The number of carbonyl (C=O) groups is 1. The van der Waals surface area contributed by atoms with Crippen molar-refractivity contribution in [3.63, 3.8) is 0 Å². The van der Waals surface area contributed by atoms with E-state index in [1.165, 1.54) is 16.8 Å². The Morgan fingerprint density at radius 1 is 1.24 bits per heavy atom. The van der Waals surface area contributed by atoms with Crippen LogP contribution in [0.15, 0.2) is 36.5 Å². The van der Waals surface area contributed by atoms with Gasteiger partial charge in [-0.3, -0.25) is 14.9 Å². The van der Waals surface area contributed by atoms with E-state index in [0.717, 1.165) is 19.3 Å². The third kappa shape index (κ3) is 4.03. The van der Waals surface area contributed by atoms with Crippen molar-refractivity contribution in [1.82, 2.24) is 15.1 Å². The van der Waals surface area contributed by atoms with Crippen LogP contribution < -0.4 is 5.32 Å². The van der Waals surface area contributed by atoms with Crippen LogP contribution in [0.5, 0.6) is 0 Å². The molecule has 1 amide bonds. The number of benzene rings is 1. The van der Waals surface area contributed by atoms with Gasteiger partial charge in [0.15, 0.2) is 5.69 Å². The SMILES string of the molecule is O=C(NCC1(O)CCCCC1)c1ccn(-c2ccc([N+](=O)[O-])cc2)n1. The maximum atomic E-state index is 12.2. The average Bonchev–Trinajstić information content (AvgIpc) is 3.11. The molecule has 8 heteroatoms. The van der Waals surface area contributed by atoms with Gasteiger partial charge in [0.05, 0.1) is 16.2 Å². The normalized spacial score (nSPS) is 16.4. The number of nitro benzene ring substituents is 1. The molecule has 0 aliphatic heterocycles. The van der Waals surface area contributed by atoms with Gasteiger partial charge in [-0.2, -0.15) is 5.10 Å². The van der Waals surface area contributed by atoms with E-state index >= 15 is 0 Å². The molecule has 1 aromatic heterocycles. The number of carbonyl (C=O) groups excluding carboxylic acids is 1. The first-order chi connectivity index (χ1) is 12.0. The lowest BCUT2D eigenvalue weighted by atomic mass is 9.85. The van der Waals surface area contributed by atoms with Gasteiger partial charge in [-0.15, -0.1) is 0 Å². The molecule has 1 aliphatic carbocycles. The van der Waals surface area contributed by atoms with Crippen molar-refractivity contribution in [1.29, 1.82) is 0 Å². The topological polar surface area (TPSA) is 110 Å². The third-order valence-electron chi connectivity index (χ3n) is 4.51. The summed E-state index contributed by atoms with van der Waals surface area (Å²) in [5.74, 6) is -0.348. The first-order valence-electron chi connectivity index (χ1n) is 8.28. The number of nitrogens with zero attached hydrogens (tertiary/aromatic N) is 3. The minimum atomic E-state index is -0.825. The summed E-state index contributed by atoms with van der Waals surface area (Å²) in [4.78, 5) is 22.4. The molecule has 2 N–H and O–H groups in total. The van der Waals surface area contributed by atoms with Crippen LogP contribution in [0, 0.1) is 10.1 Å². The molecular formula is C17H20N4O4. The molecule has 1 heterocycles. The number of hydrogen-bond acceptors (Lipinski definition) is 5. The van der Waals surface area contributed by atoms with Gasteiger partial charge in [0.1, 0.15) is 0 Å². The van der Waals surface area contributed by atoms with E-state index in [0.29, 0.717) is 18.5 Å². The van der Waals surface area contributed by atoms with Crippen molar-refractivity contribution in [2.45, 2.75) is 37.7 Å². The molecule has 1 aliphatic rings. The fraction of sp³-hybridized carbons (Fsp3) is 0.412. The summed E-state index contributed by atoms with van der Waals surface area (Å²) in [7, 11) is 0. The van der Waals surface area contributed by atoms with E-state index in [1.807, 2.05) is 0 Å². The maximum Gasteiger partial charge on any atom is 0.271 e. The summed E-state index contributed by atoms with van der Waals surface area (Å²) in [5.41, 5.74) is 0.0254. The lowest BCUT2D eigenvalue weighted by molar-refractivity contribution is -0.384. The number of nitrogens with one attached hydrogen (secondary N) is 1. The standard InChI is InChI=1S/C17H20N4O4/c22-16(18-12-17(23)9-2-1-3-10-17)15-8-11-20(19-15)13-4-6-14(7-5-13)21(24)25/h4-8,11,23H,1-3,9-10,12H2,(H,18,22). The molecule has 0 atom stereocenters. The molecule has 1 saturated carbocycles. The number of rotatable bonds is 5. The maximum absolute atomic E-state index is 12.2. The van der Waals surface area contributed by atoms with E-state index in [1.54, 1.807) is 24.4 Å². The minimum absolute atomic E-state index is 0.00500. The fourth-order valence-electron chi connectivity index (χ4n) is 3.04. The summed E-state index contributed by atoms with van der Waals surface area (Å²) in [6.45, 7) is 0.218. The molecule has 1 fully saturated rings. The number of aromatic nitrogens is 2. The molecular weight excluding hydrogens is 324 g/mol. The van der Waals surface area contributed by atoms with Crippen molar-refractivity contribution >= 4 is 11.6 Å². The smallest absolute Gasteiger partial charge is 0.271 e. The van der Waals surface area contributed by atoms with Crippen molar-refractivity contribution < 1.29 is 14.8 Å². The minimum Gasteiger partial charge on any atom is -0.388 e. The second-order valence-corrected chi connectivity index (χ2v) is 6.39. The zero-order valence-corrected chi connectivity index (χ0v) is 13.7. The van der Waals surface area contributed by atoms with Crippen molar-refractivity contribution in [2.24, 2.45) is 0 Å². The van der Waals surface area contributed by atoms with Crippen molar-refractivity contribution in [2.75, 3.05) is 6.54 Å². The number of amides is 1. The number of nitro groups is 1. The van der Waals surface area contributed by atoms with Crippen LogP contribution in [0.4, 0.5) is 5.69 Å². The summed E-state index contributed by atoms with van der Waals surface area (Å²) < 4.78 is 1.48. The Hall–Kier alpha value is -2.74. The van der Waals surface area contributed by atoms with E-state index < -0.39 is 10.5 Å². The van der Waals surface area contributed by atoms with Crippen LogP contribution in [-0.4, -0.2) is 37.9 Å². The molecule has 0 saturated heterocycles. The van der Waals surface area contributed by atoms with Crippen LogP contribution in [0.2, 0.25) is 0 Å². The summed E-state index contributed by atoms with van der Waals surface area (Å²) in [6, 6.07) is 7.47. The van der Waals surface area contributed by atoms with E-state index in [9.17, 15) is 20.0 Å². The van der Waals surface area contributed by atoms with Gasteiger partial charge in [0.25, 0.3) is 11.6 Å². The van der Waals surface area contributed by atoms with E-state index in [2.05, 4.69) is 10.4 Å². The zero-order valence-electron chi connectivity index (χ0n) is 13.7. The number of hydrogen-bond donors (Lipinski definition) is 2. The summed E-state index contributed by atoms with van der Waals surface area (Å²) >= 11 is 0. The lowest BCUT2D eigenvalue weighted by Gasteiger charge is -2.31. The Kier molecular flexibility index (Phi) is 4.80. The highest BCUT2D eigenvalue weighted by Gasteiger charge is 2.29. The zero-order chi connectivity index (χ0) is 17.9. The highest BCUT2D eigenvalue weighted by atomic mass is 16.6. The van der Waals surface area contributed by atoms with Crippen LogP contribution in [-0.2, 0) is 0 Å². The average molecular weight is 344 g/mol. The Morgan fingerprint density at radius 2 is 1.92 bits per heavy atom. The van der Waals surface area contributed by atoms with Crippen LogP contribution >= 0.6 is 0 Å². The quantitative estimate of drug-likeness (QED) is 0.638. The third-order valence-corrected chi connectivity index (χ3v) is 4.51. The molecule has 0 bridgehead atoms. The first kappa shape index (κ1) is 17.1. The predicted molar refractivity (Wildman–Crippen MR) is 90.6 cm³/mol. The van der Waals surface area contributed by atoms with Gasteiger partial charge in [-0.1, -0.05) is 19.3 Å². The van der Waals surface area contributed by atoms with E-state index in [-0.39, 0.29) is 23.8 Å². The van der Waals surface area contributed by atoms with Gasteiger partial charge in [-0.25, -0.2) is 4.68 Å². The Bertz CT molecular complexity index is 763. The van der Waals surface area contributed by atoms with Gasteiger partial charge < -0.3 is 10.4 Å². The molecule has 3 rings (SSSR count). The summed E-state index contributed by atoms with van der Waals surface area (Å²) in [6.07, 6.45) is 6.08. The molecule has 0 radical (unpaired) electrons. The first-order valence-corrected chi connectivity index (χ1v) is 8.28. The van der Waals surface area contributed by atoms with Gasteiger partial charge in [0.2, 0.25) is 0 Å². The highest BCUT2D eigenvalue weighted by Crippen LogP contribution is 2.27. The van der Waals surface area contributed by atoms with Gasteiger partial charge in [0, 0.05) is 24.9 Å². The van der Waals surface area contributed by atoms with E-state index in [4.69, 9.17) is 0 Å². The van der Waals surface area contributed by atoms with Crippen molar-refractivity contribution in [3.8, 4) is 5.69 Å². The largest absolute Gasteiger partial charge is 0.388 e. The van der Waals surface area contributed by atoms with Gasteiger partial charge in [-0.05, 0) is 31.0 Å².